The summed E-state index contributed by atoms with van der Waals surface area (Å²) in [6.45, 7) is 2.47. The monoisotopic (exact) mass is 348 g/mol. The number of hydrogen-bond acceptors (Lipinski definition) is 5. The van der Waals surface area contributed by atoms with Crippen molar-refractivity contribution in [1.82, 2.24) is 4.31 Å². The van der Waals surface area contributed by atoms with Crippen molar-refractivity contribution < 1.29 is 17.9 Å². The van der Waals surface area contributed by atoms with E-state index in [0.29, 0.717) is 18.7 Å². The van der Waals surface area contributed by atoms with Crippen molar-refractivity contribution in [2.75, 3.05) is 20.2 Å². The van der Waals surface area contributed by atoms with Crippen LogP contribution in [0.15, 0.2) is 23.1 Å². The summed E-state index contributed by atoms with van der Waals surface area (Å²) in [7, 11) is -2.38. The van der Waals surface area contributed by atoms with Gasteiger partial charge in [-0.3, -0.25) is 0 Å². The number of sulfonamides is 1. The Morgan fingerprint density at radius 1 is 1.41 bits per heavy atom. The maximum absolute atomic E-state index is 12.7. The topological polar surface area (TPSA) is 89.7 Å². The molecular formula is C14H21ClN2O4S. The van der Waals surface area contributed by atoms with Gasteiger partial charge in [-0.25, -0.2) is 13.2 Å². The minimum Gasteiger partial charge on any atom is -0.465 e. The second kappa shape index (κ2) is 7.41. The van der Waals surface area contributed by atoms with Crippen LogP contribution in [0.4, 0.5) is 0 Å². The first kappa shape index (κ1) is 18.9. The largest absolute Gasteiger partial charge is 0.465 e. The number of halogens is 1. The van der Waals surface area contributed by atoms with Crippen molar-refractivity contribution in [2.24, 2.45) is 5.73 Å². The molecule has 1 aliphatic heterocycles. The summed E-state index contributed by atoms with van der Waals surface area (Å²) in [5, 5.41) is 0. The van der Waals surface area contributed by atoms with Crippen LogP contribution in [0.1, 0.15) is 28.8 Å². The third-order valence-corrected chi connectivity index (χ3v) is 5.65. The van der Waals surface area contributed by atoms with E-state index in [1.165, 1.54) is 17.5 Å². The first-order valence-electron chi connectivity index (χ1n) is 6.81. The van der Waals surface area contributed by atoms with Gasteiger partial charge in [-0.1, -0.05) is 6.07 Å². The first-order valence-corrected chi connectivity index (χ1v) is 8.25. The van der Waals surface area contributed by atoms with Crippen molar-refractivity contribution in [3.05, 3.63) is 29.3 Å². The van der Waals surface area contributed by atoms with E-state index in [-0.39, 0.29) is 28.9 Å². The molecule has 124 valence electrons. The van der Waals surface area contributed by atoms with Gasteiger partial charge in [-0.15, -0.1) is 12.4 Å². The summed E-state index contributed by atoms with van der Waals surface area (Å²) in [6, 6.07) is 4.40. The average molecular weight is 349 g/mol. The predicted molar refractivity (Wildman–Crippen MR) is 85.7 cm³/mol. The van der Waals surface area contributed by atoms with Crippen LogP contribution in [-0.4, -0.2) is 44.9 Å². The Kier molecular flexibility index (Phi) is 6.37. The second-order valence-electron chi connectivity index (χ2n) is 5.24. The van der Waals surface area contributed by atoms with Crippen molar-refractivity contribution in [1.29, 1.82) is 0 Å². The van der Waals surface area contributed by atoms with Gasteiger partial charge in [-0.05, 0) is 37.5 Å². The van der Waals surface area contributed by atoms with Crippen molar-refractivity contribution >= 4 is 28.4 Å². The molecule has 0 radical (unpaired) electrons. The number of carbonyl (C=O) groups is 1. The summed E-state index contributed by atoms with van der Waals surface area (Å²) >= 11 is 0. The van der Waals surface area contributed by atoms with Crippen molar-refractivity contribution in [3.8, 4) is 0 Å². The number of rotatable bonds is 3. The van der Waals surface area contributed by atoms with Crippen LogP contribution in [-0.2, 0) is 14.8 Å². The molecule has 8 heteroatoms. The molecule has 1 aliphatic rings. The number of carbonyl (C=O) groups excluding carboxylic acids is 1. The Morgan fingerprint density at radius 2 is 2.09 bits per heavy atom. The van der Waals surface area contributed by atoms with E-state index in [4.69, 9.17) is 5.73 Å². The van der Waals surface area contributed by atoms with Crippen molar-refractivity contribution in [2.45, 2.75) is 30.7 Å². The van der Waals surface area contributed by atoms with E-state index in [2.05, 4.69) is 4.74 Å². The molecule has 0 aromatic heterocycles. The van der Waals surface area contributed by atoms with E-state index in [1.807, 2.05) is 0 Å². The van der Waals surface area contributed by atoms with E-state index in [9.17, 15) is 13.2 Å². The van der Waals surface area contributed by atoms with Gasteiger partial charge in [0.1, 0.15) is 0 Å². The number of ether oxygens (including phenoxy) is 1. The van der Waals surface area contributed by atoms with Crippen LogP contribution in [0.25, 0.3) is 0 Å². The maximum atomic E-state index is 12.7. The zero-order chi connectivity index (χ0) is 15.6. The maximum Gasteiger partial charge on any atom is 0.337 e. The fourth-order valence-corrected chi connectivity index (χ4v) is 4.24. The molecule has 1 aromatic carbocycles. The van der Waals surface area contributed by atoms with E-state index < -0.39 is 16.0 Å². The fourth-order valence-electron chi connectivity index (χ4n) is 2.45. The van der Waals surface area contributed by atoms with Gasteiger partial charge in [0.25, 0.3) is 0 Å². The van der Waals surface area contributed by atoms with Gasteiger partial charge < -0.3 is 10.5 Å². The van der Waals surface area contributed by atoms with Gasteiger partial charge in [0.05, 0.1) is 17.6 Å². The number of nitrogens with zero attached hydrogens (tertiary/aromatic N) is 1. The number of esters is 1. The molecule has 0 spiro atoms. The summed E-state index contributed by atoms with van der Waals surface area (Å²) in [6.07, 6.45) is 1.57. The van der Waals surface area contributed by atoms with Gasteiger partial charge in [0, 0.05) is 19.1 Å². The molecule has 1 fully saturated rings. The van der Waals surface area contributed by atoms with Crippen LogP contribution in [0.3, 0.4) is 0 Å². The Bertz CT molecular complexity index is 648. The minimum atomic E-state index is -3.64. The van der Waals surface area contributed by atoms with E-state index >= 15 is 0 Å². The second-order valence-corrected chi connectivity index (χ2v) is 7.14. The van der Waals surface area contributed by atoms with Crippen LogP contribution in [0, 0.1) is 6.92 Å². The highest BCUT2D eigenvalue weighted by atomic mass is 35.5. The quantitative estimate of drug-likeness (QED) is 0.832. The molecular weight excluding hydrogens is 328 g/mol. The van der Waals surface area contributed by atoms with Gasteiger partial charge in [0.15, 0.2) is 0 Å². The van der Waals surface area contributed by atoms with Crippen LogP contribution < -0.4 is 5.73 Å². The summed E-state index contributed by atoms with van der Waals surface area (Å²) in [4.78, 5) is 11.7. The van der Waals surface area contributed by atoms with Crippen LogP contribution >= 0.6 is 12.4 Å². The molecule has 6 nitrogen and oxygen atoms in total. The molecule has 0 amide bonds. The molecule has 2 N–H and O–H groups in total. The zero-order valence-electron chi connectivity index (χ0n) is 12.6. The SMILES string of the molecule is COC(=O)c1ccc(C)c(S(=O)(=O)N2CCC[C@@H](N)C2)c1.Cl. The number of piperidine rings is 1. The lowest BCUT2D eigenvalue weighted by atomic mass is 10.1. The molecule has 1 aromatic rings. The van der Waals surface area contributed by atoms with E-state index in [0.717, 1.165) is 12.8 Å². The first-order chi connectivity index (χ1) is 9.86. The Hall–Kier alpha value is -1.15. The Balaban J connectivity index is 0.00000242. The standard InChI is InChI=1S/C14H20N2O4S.ClH/c1-10-5-6-11(14(17)20-2)8-13(10)21(18,19)16-7-3-4-12(15)9-16;/h5-6,8,12H,3-4,7,9,15H2,1-2H3;1H/t12-;/m1./s1. The lowest BCUT2D eigenvalue weighted by Crippen LogP contribution is -2.45. The Morgan fingerprint density at radius 3 is 2.68 bits per heavy atom. The highest BCUT2D eigenvalue weighted by Crippen LogP contribution is 2.24. The molecule has 1 saturated heterocycles. The normalized spacial score (nSPS) is 19.3. The number of aryl methyl sites for hydroxylation is 1. The van der Waals surface area contributed by atoms with Gasteiger partial charge >= 0.3 is 5.97 Å². The summed E-state index contributed by atoms with van der Waals surface area (Å²) in [5.41, 5.74) is 6.68. The fraction of sp³-hybridized carbons (Fsp3) is 0.500. The Labute approximate surface area is 137 Å². The number of nitrogens with two attached hydrogens (primary N) is 1. The molecule has 0 bridgehead atoms. The molecule has 2 rings (SSSR count). The molecule has 22 heavy (non-hydrogen) atoms. The average Bonchev–Trinajstić information content (AvgIpc) is 2.46. The van der Waals surface area contributed by atoms with Gasteiger partial charge in [0.2, 0.25) is 10.0 Å². The van der Waals surface area contributed by atoms with Crippen LogP contribution in [0.2, 0.25) is 0 Å². The molecule has 1 atom stereocenters. The van der Waals surface area contributed by atoms with Crippen LogP contribution in [0.5, 0.6) is 0 Å². The summed E-state index contributed by atoms with van der Waals surface area (Å²) < 4.78 is 31.5. The van der Waals surface area contributed by atoms with Crippen molar-refractivity contribution in [3.63, 3.8) is 0 Å². The smallest absolute Gasteiger partial charge is 0.337 e. The molecule has 0 aliphatic carbocycles. The highest BCUT2D eigenvalue weighted by Gasteiger charge is 2.30. The zero-order valence-corrected chi connectivity index (χ0v) is 14.2. The lowest BCUT2D eigenvalue weighted by molar-refractivity contribution is 0.0600. The lowest BCUT2D eigenvalue weighted by Gasteiger charge is -2.30. The predicted octanol–water partition coefficient (Wildman–Crippen LogP) is 1.32. The molecule has 0 saturated carbocycles. The van der Waals surface area contributed by atoms with Gasteiger partial charge in [-0.2, -0.15) is 4.31 Å². The molecule has 0 unspecified atom stereocenters. The van der Waals surface area contributed by atoms with E-state index in [1.54, 1.807) is 19.1 Å². The third kappa shape index (κ3) is 3.78. The number of benzene rings is 1. The number of hydrogen-bond donors (Lipinski definition) is 1. The number of methoxy groups -OCH3 is 1. The molecule has 1 heterocycles. The minimum absolute atomic E-state index is 0. The highest BCUT2D eigenvalue weighted by molar-refractivity contribution is 7.89. The third-order valence-electron chi connectivity index (χ3n) is 3.65. The summed E-state index contributed by atoms with van der Waals surface area (Å²) in [5.74, 6) is -0.554.